The van der Waals surface area contributed by atoms with Gasteiger partial charge in [-0.25, -0.2) is 0 Å². The maximum Gasteiger partial charge on any atom is 0.356 e. The van der Waals surface area contributed by atoms with Crippen LogP contribution in [-0.4, -0.2) is 16.9 Å². The quantitative estimate of drug-likeness (QED) is 0.833. The van der Waals surface area contributed by atoms with Crippen molar-refractivity contribution in [2.75, 3.05) is 7.11 Å². The van der Waals surface area contributed by atoms with Crippen molar-refractivity contribution in [1.29, 1.82) is 0 Å². The Morgan fingerprint density at radius 3 is 2.19 bits per heavy atom. The zero-order valence-corrected chi connectivity index (χ0v) is 13.0. The van der Waals surface area contributed by atoms with Crippen LogP contribution in [0.5, 0.6) is 5.75 Å². The van der Waals surface area contributed by atoms with Gasteiger partial charge < -0.3 is 14.5 Å². The van der Waals surface area contributed by atoms with Gasteiger partial charge in [-0.15, -0.1) is 0 Å². The molecule has 0 fully saturated rings. The van der Waals surface area contributed by atoms with Crippen LogP contribution in [0.15, 0.2) is 42.5 Å². The molecule has 0 bridgehead atoms. The maximum atomic E-state index is 11.3. The second-order valence-corrected chi connectivity index (χ2v) is 6.49. The average molecular weight is 306 g/mol. The third-order valence-corrected chi connectivity index (χ3v) is 4.38. The molecule has 0 saturated carbocycles. The first-order chi connectivity index (χ1) is 9.94. The fourth-order valence-electron chi connectivity index (χ4n) is 2.17. The maximum absolute atomic E-state index is 11.3. The van der Waals surface area contributed by atoms with Crippen molar-refractivity contribution in [2.24, 2.45) is 0 Å². The van der Waals surface area contributed by atoms with E-state index in [0.29, 0.717) is 12.2 Å². The van der Waals surface area contributed by atoms with E-state index in [4.69, 9.17) is 4.74 Å². The van der Waals surface area contributed by atoms with E-state index in [0.717, 1.165) is 17.5 Å². The standard InChI is InChI=1S/C16H19O4P/c1-3-12-4-6-13(7-5-12)10-14-8-9-15(21(17,18)19)11-16(14)20-2/h4-9,11H,3,10H2,1-2H3,(H2,17,18,19). The van der Waals surface area contributed by atoms with Gasteiger partial charge in [0.25, 0.3) is 0 Å². The lowest BCUT2D eigenvalue weighted by atomic mass is 10.0. The van der Waals surface area contributed by atoms with Crippen molar-refractivity contribution in [2.45, 2.75) is 19.8 Å². The number of hydrogen-bond donors (Lipinski definition) is 2. The van der Waals surface area contributed by atoms with Crippen LogP contribution in [0.3, 0.4) is 0 Å². The Labute approximate surface area is 124 Å². The Bertz CT molecular complexity index is 658. The smallest absolute Gasteiger partial charge is 0.356 e. The Kier molecular flexibility index (Phi) is 4.84. The fraction of sp³-hybridized carbons (Fsp3) is 0.250. The van der Waals surface area contributed by atoms with Gasteiger partial charge in [-0.2, -0.15) is 0 Å². The van der Waals surface area contributed by atoms with Gasteiger partial charge in [0.1, 0.15) is 5.75 Å². The third-order valence-electron chi connectivity index (χ3n) is 3.43. The molecule has 5 heteroatoms. The highest BCUT2D eigenvalue weighted by Gasteiger charge is 2.19. The van der Waals surface area contributed by atoms with Crippen LogP contribution < -0.4 is 10.0 Å². The summed E-state index contributed by atoms with van der Waals surface area (Å²) in [7, 11) is -2.75. The molecule has 0 spiro atoms. The molecule has 0 saturated heterocycles. The molecule has 112 valence electrons. The van der Waals surface area contributed by atoms with Crippen LogP contribution in [0.25, 0.3) is 0 Å². The van der Waals surface area contributed by atoms with E-state index in [1.165, 1.54) is 24.8 Å². The normalized spacial score (nSPS) is 11.4. The topological polar surface area (TPSA) is 66.8 Å². The number of rotatable bonds is 5. The van der Waals surface area contributed by atoms with E-state index >= 15 is 0 Å². The number of benzene rings is 2. The molecule has 0 amide bonds. The van der Waals surface area contributed by atoms with Crippen molar-refractivity contribution < 1.29 is 19.1 Å². The predicted octanol–water partition coefficient (Wildman–Crippen LogP) is 2.65. The first kappa shape index (κ1) is 15.8. The van der Waals surface area contributed by atoms with E-state index < -0.39 is 7.60 Å². The van der Waals surface area contributed by atoms with Crippen molar-refractivity contribution in [3.63, 3.8) is 0 Å². The molecule has 0 radical (unpaired) electrons. The molecule has 21 heavy (non-hydrogen) atoms. The average Bonchev–Trinajstić information content (AvgIpc) is 2.47. The van der Waals surface area contributed by atoms with Crippen molar-refractivity contribution in [1.82, 2.24) is 0 Å². The highest BCUT2D eigenvalue weighted by molar-refractivity contribution is 7.60. The lowest BCUT2D eigenvalue weighted by Gasteiger charge is -2.12. The summed E-state index contributed by atoms with van der Waals surface area (Å²) >= 11 is 0. The van der Waals surface area contributed by atoms with E-state index in [9.17, 15) is 14.4 Å². The minimum Gasteiger partial charge on any atom is -0.496 e. The number of ether oxygens (including phenoxy) is 1. The lowest BCUT2D eigenvalue weighted by Crippen LogP contribution is -2.06. The van der Waals surface area contributed by atoms with Gasteiger partial charge in [-0.1, -0.05) is 37.3 Å². The highest BCUT2D eigenvalue weighted by atomic mass is 31.2. The zero-order chi connectivity index (χ0) is 15.5. The molecule has 0 aromatic heterocycles. The minimum absolute atomic E-state index is 0.0237. The summed E-state index contributed by atoms with van der Waals surface area (Å²) in [5.74, 6) is 0.496. The van der Waals surface area contributed by atoms with Crippen LogP contribution >= 0.6 is 7.60 Å². The lowest BCUT2D eigenvalue weighted by molar-refractivity contribution is 0.386. The van der Waals surface area contributed by atoms with Crippen LogP contribution in [-0.2, 0) is 17.4 Å². The molecule has 2 aromatic rings. The Hall–Kier alpha value is -1.61. The van der Waals surface area contributed by atoms with E-state index in [1.807, 2.05) is 0 Å². The summed E-state index contributed by atoms with van der Waals surface area (Å²) in [4.78, 5) is 18.4. The second kappa shape index (κ2) is 6.44. The molecule has 0 atom stereocenters. The van der Waals surface area contributed by atoms with Gasteiger partial charge in [0.15, 0.2) is 0 Å². The van der Waals surface area contributed by atoms with Gasteiger partial charge in [0, 0.05) is 6.42 Å². The monoisotopic (exact) mass is 306 g/mol. The largest absolute Gasteiger partial charge is 0.496 e. The van der Waals surface area contributed by atoms with Crippen LogP contribution in [0, 0.1) is 0 Å². The molecule has 2 aromatic carbocycles. The molecule has 2 rings (SSSR count). The number of methoxy groups -OCH3 is 1. The number of hydrogen-bond acceptors (Lipinski definition) is 2. The summed E-state index contributed by atoms with van der Waals surface area (Å²) < 4.78 is 16.5. The number of aryl methyl sites for hydroxylation is 1. The molecule has 2 N–H and O–H groups in total. The molecule has 4 nitrogen and oxygen atoms in total. The molecular formula is C16H19O4P. The van der Waals surface area contributed by atoms with Gasteiger partial charge in [-0.05, 0) is 35.2 Å². The Morgan fingerprint density at radius 2 is 1.67 bits per heavy atom. The summed E-state index contributed by atoms with van der Waals surface area (Å²) in [5.41, 5.74) is 3.32. The summed E-state index contributed by atoms with van der Waals surface area (Å²) in [6.45, 7) is 2.11. The second-order valence-electron chi connectivity index (χ2n) is 4.89. The SMILES string of the molecule is CCc1ccc(Cc2ccc(P(=O)(O)O)cc2OC)cc1. The van der Waals surface area contributed by atoms with E-state index in [2.05, 4.69) is 31.2 Å². The molecule has 0 heterocycles. The summed E-state index contributed by atoms with van der Waals surface area (Å²) in [6.07, 6.45) is 1.66. The van der Waals surface area contributed by atoms with Crippen molar-refractivity contribution in [3.8, 4) is 5.75 Å². The minimum atomic E-state index is -4.25. The molecule has 0 unspecified atom stereocenters. The molecule has 0 aliphatic heterocycles. The van der Waals surface area contributed by atoms with Gasteiger partial charge >= 0.3 is 7.60 Å². The van der Waals surface area contributed by atoms with Gasteiger partial charge in [-0.3, -0.25) is 4.57 Å². The molecule has 0 aliphatic rings. The van der Waals surface area contributed by atoms with Crippen LogP contribution in [0.1, 0.15) is 23.6 Å². The van der Waals surface area contributed by atoms with Crippen LogP contribution in [0.2, 0.25) is 0 Å². The molecular weight excluding hydrogens is 287 g/mol. The molecule has 0 aliphatic carbocycles. The summed E-state index contributed by atoms with van der Waals surface area (Å²) in [5, 5.41) is -0.0237. The first-order valence-electron chi connectivity index (χ1n) is 6.75. The van der Waals surface area contributed by atoms with Gasteiger partial charge in [0.05, 0.1) is 12.4 Å². The zero-order valence-electron chi connectivity index (χ0n) is 12.1. The Morgan fingerprint density at radius 1 is 1.05 bits per heavy atom. The third kappa shape index (κ3) is 3.94. The Balaban J connectivity index is 2.28. The van der Waals surface area contributed by atoms with Gasteiger partial charge in [0.2, 0.25) is 0 Å². The van der Waals surface area contributed by atoms with E-state index in [1.54, 1.807) is 6.07 Å². The van der Waals surface area contributed by atoms with Crippen molar-refractivity contribution in [3.05, 3.63) is 59.2 Å². The van der Waals surface area contributed by atoms with Crippen molar-refractivity contribution >= 4 is 12.9 Å². The summed E-state index contributed by atoms with van der Waals surface area (Å²) in [6, 6.07) is 12.9. The van der Waals surface area contributed by atoms with E-state index in [-0.39, 0.29) is 5.30 Å². The first-order valence-corrected chi connectivity index (χ1v) is 8.36. The predicted molar refractivity (Wildman–Crippen MR) is 83.3 cm³/mol. The fourth-order valence-corrected chi connectivity index (χ4v) is 2.73. The highest BCUT2D eigenvalue weighted by Crippen LogP contribution is 2.35. The van der Waals surface area contributed by atoms with Crippen LogP contribution in [0.4, 0.5) is 0 Å².